The lowest BCUT2D eigenvalue weighted by Gasteiger charge is -2.11. The summed E-state index contributed by atoms with van der Waals surface area (Å²) in [6.07, 6.45) is 5.17. The van der Waals surface area contributed by atoms with Crippen molar-refractivity contribution in [2.24, 2.45) is 0 Å². The summed E-state index contributed by atoms with van der Waals surface area (Å²) in [7, 11) is 0. The van der Waals surface area contributed by atoms with Crippen molar-refractivity contribution < 1.29 is 9.53 Å². The SMILES string of the molecule is CC1CCC(C(=O)c2cccc3ccncc23)O1. The largest absolute Gasteiger partial charge is 0.367 e. The molecule has 3 rings (SSSR count). The van der Waals surface area contributed by atoms with Gasteiger partial charge in [-0.05, 0) is 31.2 Å². The zero-order chi connectivity index (χ0) is 12.5. The zero-order valence-electron chi connectivity index (χ0n) is 10.3. The van der Waals surface area contributed by atoms with Crippen LogP contribution in [0.15, 0.2) is 36.7 Å². The molecule has 0 amide bonds. The number of ether oxygens (including phenoxy) is 1. The van der Waals surface area contributed by atoms with E-state index in [1.54, 1.807) is 12.4 Å². The topological polar surface area (TPSA) is 39.2 Å². The third kappa shape index (κ3) is 1.91. The Hall–Kier alpha value is -1.74. The van der Waals surface area contributed by atoms with Gasteiger partial charge in [0.25, 0.3) is 0 Å². The molecule has 1 aromatic carbocycles. The third-order valence-corrected chi connectivity index (χ3v) is 3.47. The van der Waals surface area contributed by atoms with E-state index in [-0.39, 0.29) is 18.0 Å². The van der Waals surface area contributed by atoms with E-state index in [2.05, 4.69) is 4.98 Å². The van der Waals surface area contributed by atoms with Crippen molar-refractivity contribution in [2.45, 2.75) is 32.0 Å². The highest BCUT2D eigenvalue weighted by Crippen LogP contribution is 2.25. The van der Waals surface area contributed by atoms with Gasteiger partial charge in [0.2, 0.25) is 0 Å². The summed E-state index contributed by atoms with van der Waals surface area (Å²) in [4.78, 5) is 16.6. The standard InChI is InChI=1S/C15H15NO2/c1-10-5-6-14(18-10)15(17)12-4-2-3-11-7-8-16-9-13(11)12/h2-4,7-10,14H,5-6H2,1H3. The molecule has 0 saturated carbocycles. The molecule has 0 spiro atoms. The van der Waals surface area contributed by atoms with Crippen LogP contribution >= 0.6 is 0 Å². The Kier molecular flexibility index (Phi) is 2.84. The van der Waals surface area contributed by atoms with Gasteiger partial charge in [0, 0.05) is 23.3 Å². The minimum absolute atomic E-state index is 0.0814. The number of Topliss-reactive ketones (excluding diaryl/α,β-unsaturated/α-hetero) is 1. The maximum absolute atomic E-state index is 12.5. The fraction of sp³-hybridized carbons (Fsp3) is 0.333. The van der Waals surface area contributed by atoms with E-state index in [0.29, 0.717) is 0 Å². The van der Waals surface area contributed by atoms with Gasteiger partial charge in [-0.3, -0.25) is 9.78 Å². The molecule has 1 aliphatic heterocycles. The van der Waals surface area contributed by atoms with E-state index in [1.807, 2.05) is 31.2 Å². The lowest BCUT2D eigenvalue weighted by Crippen LogP contribution is -2.21. The number of hydrogen-bond acceptors (Lipinski definition) is 3. The average Bonchev–Trinajstić information content (AvgIpc) is 2.84. The molecule has 18 heavy (non-hydrogen) atoms. The molecule has 2 atom stereocenters. The average molecular weight is 241 g/mol. The van der Waals surface area contributed by atoms with Gasteiger partial charge in [-0.25, -0.2) is 0 Å². The van der Waals surface area contributed by atoms with Crippen LogP contribution in [0, 0.1) is 0 Å². The molecule has 0 aliphatic carbocycles. The highest BCUT2D eigenvalue weighted by Gasteiger charge is 2.29. The van der Waals surface area contributed by atoms with Crippen LogP contribution in [0.25, 0.3) is 10.8 Å². The number of fused-ring (bicyclic) bond motifs is 1. The number of carbonyl (C=O) groups is 1. The van der Waals surface area contributed by atoms with Crippen LogP contribution in [-0.4, -0.2) is 23.0 Å². The van der Waals surface area contributed by atoms with Crippen molar-refractivity contribution in [2.75, 3.05) is 0 Å². The van der Waals surface area contributed by atoms with Crippen molar-refractivity contribution in [3.63, 3.8) is 0 Å². The van der Waals surface area contributed by atoms with Gasteiger partial charge in [0.05, 0.1) is 6.10 Å². The van der Waals surface area contributed by atoms with Gasteiger partial charge in [-0.2, -0.15) is 0 Å². The summed E-state index contributed by atoms with van der Waals surface area (Å²) in [5, 5.41) is 1.95. The first-order valence-corrected chi connectivity index (χ1v) is 6.28. The third-order valence-electron chi connectivity index (χ3n) is 3.47. The Labute approximate surface area is 106 Å². The van der Waals surface area contributed by atoms with Crippen LogP contribution in [0.4, 0.5) is 0 Å². The van der Waals surface area contributed by atoms with Crippen molar-refractivity contribution in [1.29, 1.82) is 0 Å². The van der Waals surface area contributed by atoms with Crippen molar-refractivity contribution in [3.05, 3.63) is 42.2 Å². The maximum Gasteiger partial charge on any atom is 0.192 e. The minimum atomic E-state index is -0.286. The van der Waals surface area contributed by atoms with Crippen molar-refractivity contribution in [1.82, 2.24) is 4.98 Å². The molecule has 3 heteroatoms. The summed E-state index contributed by atoms with van der Waals surface area (Å²) in [6.45, 7) is 2.01. The van der Waals surface area contributed by atoms with E-state index in [0.717, 1.165) is 29.2 Å². The summed E-state index contributed by atoms with van der Waals surface area (Å²) < 4.78 is 5.66. The van der Waals surface area contributed by atoms with E-state index in [4.69, 9.17) is 4.74 Å². The van der Waals surface area contributed by atoms with Gasteiger partial charge in [-0.1, -0.05) is 18.2 Å². The van der Waals surface area contributed by atoms with Crippen LogP contribution < -0.4 is 0 Å². The number of benzene rings is 1. The predicted molar refractivity (Wildman–Crippen MR) is 69.6 cm³/mol. The van der Waals surface area contributed by atoms with E-state index >= 15 is 0 Å². The van der Waals surface area contributed by atoms with E-state index in [9.17, 15) is 4.79 Å². The second-order valence-corrected chi connectivity index (χ2v) is 4.78. The van der Waals surface area contributed by atoms with Crippen LogP contribution in [0.5, 0.6) is 0 Å². The molecule has 1 saturated heterocycles. The van der Waals surface area contributed by atoms with Crippen LogP contribution in [0.1, 0.15) is 30.1 Å². The molecule has 0 radical (unpaired) electrons. The summed E-state index contributed by atoms with van der Waals surface area (Å²) in [5.41, 5.74) is 0.722. The second kappa shape index (κ2) is 4.50. The second-order valence-electron chi connectivity index (χ2n) is 4.78. The summed E-state index contributed by atoms with van der Waals surface area (Å²) >= 11 is 0. The predicted octanol–water partition coefficient (Wildman–Crippen LogP) is 2.99. The molecular formula is C15H15NO2. The summed E-state index contributed by atoms with van der Waals surface area (Å²) in [5.74, 6) is 0.0814. The van der Waals surface area contributed by atoms with E-state index in [1.165, 1.54) is 0 Å². The monoisotopic (exact) mass is 241 g/mol. The lowest BCUT2D eigenvalue weighted by atomic mass is 9.99. The van der Waals surface area contributed by atoms with Crippen molar-refractivity contribution in [3.8, 4) is 0 Å². The fourth-order valence-corrected chi connectivity index (χ4v) is 2.50. The normalized spacial score (nSPS) is 23.4. The highest BCUT2D eigenvalue weighted by atomic mass is 16.5. The smallest absolute Gasteiger partial charge is 0.192 e. The van der Waals surface area contributed by atoms with Gasteiger partial charge in [0.1, 0.15) is 6.10 Å². The fourth-order valence-electron chi connectivity index (χ4n) is 2.50. The molecule has 1 aromatic heterocycles. The molecule has 92 valence electrons. The first kappa shape index (κ1) is 11.4. The Morgan fingerprint density at radius 3 is 3.00 bits per heavy atom. The minimum Gasteiger partial charge on any atom is -0.367 e. The van der Waals surface area contributed by atoms with Crippen molar-refractivity contribution >= 4 is 16.6 Å². The molecule has 3 nitrogen and oxygen atoms in total. The number of ketones is 1. The van der Waals surface area contributed by atoms with Gasteiger partial charge < -0.3 is 4.74 Å². The number of pyridine rings is 1. The van der Waals surface area contributed by atoms with Gasteiger partial charge in [-0.15, -0.1) is 0 Å². The first-order valence-electron chi connectivity index (χ1n) is 6.28. The molecule has 2 heterocycles. The lowest BCUT2D eigenvalue weighted by molar-refractivity contribution is 0.0435. The molecule has 2 aromatic rings. The summed E-state index contributed by atoms with van der Waals surface area (Å²) in [6, 6.07) is 7.68. The number of rotatable bonds is 2. The number of hydrogen-bond donors (Lipinski definition) is 0. The number of nitrogens with zero attached hydrogens (tertiary/aromatic N) is 1. The van der Waals surface area contributed by atoms with E-state index < -0.39 is 0 Å². The Morgan fingerprint density at radius 2 is 2.22 bits per heavy atom. The number of aromatic nitrogens is 1. The van der Waals surface area contributed by atoms with Gasteiger partial charge >= 0.3 is 0 Å². The molecule has 0 N–H and O–H groups in total. The highest BCUT2D eigenvalue weighted by molar-refractivity contribution is 6.09. The first-order chi connectivity index (χ1) is 8.75. The Bertz CT molecular complexity index is 589. The van der Waals surface area contributed by atoms with Crippen LogP contribution in [0.3, 0.4) is 0 Å². The Balaban J connectivity index is 2.01. The van der Waals surface area contributed by atoms with Crippen LogP contribution in [0.2, 0.25) is 0 Å². The molecular weight excluding hydrogens is 226 g/mol. The molecule has 1 aliphatic rings. The maximum atomic E-state index is 12.5. The number of carbonyl (C=O) groups excluding carboxylic acids is 1. The Morgan fingerprint density at radius 1 is 1.33 bits per heavy atom. The quantitative estimate of drug-likeness (QED) is 0.759. The molecule has 2 unspecified atom stereocenters. The molecule has 1 fully saturated rings. The van der Waals surface area contributed by atoms with Gasteiger partial charge in [0.15, 0.2) is 5.78 Å². The zero-order valence-corrected chi connectivity index (χ0v) is 10.3. The molecule has 0 bridgehead atoms. The van der Waals surface area contributed by atoms with Crippen LogP contribution in [-0.2, 0) is 4.74 Å².